The molecular formula is C15H14FN3O2. The van der Waals surface area contributed by atoms with E-state index in [1.54, 1.807) is 31.3 Å². The number of aryl methyl sites for hydroxylation is 1. The maximum Gasteiger partial charge on any atom is 0.313 e. The Balaban J connectivity index is 1.90. The number of amides is 2. The van der Waals surface area contributed by atoms with Crippen LogP contribution in [0.3, 0.4) is 0 Å². The van der Waals surface area contributed by atoms with E-state index >= 15 is 0 Å². The Labute approximate surface area is 121 Å². The van der Waals surface area contributed by atoms with Gasteiger partial charge in [-0.1, -0.05) is 12.1 Å². The molecule has 1 aromatic heterocycles. The van der Waals surface area contributed by atoms with Crippen molar-refractivity contribution in [2.75, 3.05) is 5.32 Å². The van der Waals surface area contributed by atoms with Gasteiger partial charge >= 0.3 is 11.8 Å². The maximum atomic E-state index is 13.3. The summed E-state index contributed by atoms with van der Waals surface area (Å²) >= 11 is 0. The van der Waals surface area contributed by atoms with Crippen LogP contribution < -0.4 is 10.6 Å². The molecule has 0 saturated carbocycles. The second kappa shape index (κ2) is 6.60. The Bertz CT molecular complexity index is 659. The van der Waals surface area contributed by atoms with Crippen molar-refractivity contribution in [3.05, 3.63) is 59.7 Å². The summed E-state index contributed by atoms with van der Waals surface area (Å²) in [7, 11) is 0. The molecule has 0 aliphatic rings. The van der Waals surface area contributed by atoms with E-state index in [1.165, 1.54) is 18.2 Å². The van der Waals surface area contributed by atoms with Crippen molar-refractivity contribution in [3.8, 4) is 0 Å². The average Bonchev–Trinajstić information content (AvgIpc) is 2.49. The summed E-state index contributed by atoms with van der Waals surface area (Å²) in [5, 5.41) is 4.77. The van der Waals surface area contributed by atoms with E-state index in [1.807, 2.05) is 0 Å². The number of carbonyl (C=O) groups excluding carboxylic acids is 2. The number of rotatable bonds is 3. The second-order valence-corrected chi connectivity index (χ2v) is 4.42. The van der Waals surface area contributed by atoms with Gasteiger partial charge in [0.2, 0.25) is 0 Å². The molecule has 2 aromatic rings. The molecule has 108 valence electrons. The number of anilines is 1. The van der Waals surface area contributed by atoms with Crippen molar-refractivity contribution in [1.29, 1.82) is 0 Å². The Morgan fingerprint density at radius 1 is 1.19 bits per heavy atom. The minimum atomic E-state index is -0.853. The van der Waals surface area contributed by atoms with Gasteiger partial charge in [0, 0.05) is 11.9 Å². The number of carbonyl (C=O) groups is 2. The van der Waals surface area contributed by atoms with Crippen LogP contribution in [0.1, 0.15) is 11.3 Å². The zero-order valence-electron chi connectivity index (χ0n) is 11.4. The van der Waals surface area contributed by atoms with E-state index in [-0.39, 0.29) is 12.2 Å². The molecule has 0 aliphatic heterocycles. The lowest BCUT2D eigenvalue weighted by Gasteiger charge is -2.07. The molecule has 0 unspecified atom stereocenters. The SMILES string of the molecule is Cc1ccc(NC(=O)C(=O)NCc2ccccn2)cc1F. The van der Waals surface area contributed by atoms with Gasteiger partial charge in [0.1, 0.15) is 5.82 Å². The average molecular weight is 287 g/mol. The zero-order valence-corrected chi connectivity index (χ0v) is 11.4. The molecule has 0 aliphatic carbocycles. The topological polar surface area (TPSA) is 71.1 Å². The summed E-state index contributed by atoms with van der Waals surface area (Å²) in [6.07, 6.45) is 1.59. The van der Waals surface area contributed by atoms with Gasteiger partial charge in [-0.2, -0.15) is 0 Å². The van der Waals surface area contributed by atoms with Crippen LogP contribution in [0.2, 0.25) is 0 Å². The second-order valence-electron chi connectivity index (χ2n) is 4.42. The van der Waals surface area contributed by atoms with Crippen LogP contribution in [-0.4, -0.2) is 16.8 Å². The number of halogens is 1. The van der Waals surface area contributed by atoms with E-state index in [0.29, 0.717) is 11.3 Å². The Morgan fingerprint density at radius 3 is 2.67 bits per heavy atom. The molecule has 0 fully saturated rings. The highest BCUT2D eigenvalue weighted by molar-refractivity contribution is 6.39. The maximum absolute atomic E-state index is 13.3. The molecule has 1 aromatic carbocycles. The minimum absolute atomic E-state index is 0.148. The molecule has 21 heavy (non-hydrogen) atoms. The van der Waals surface area contributed by atoms with E-state index < -0.39 is 17.6 Å². The predicted octanol–water partition coefficient (Wildman–Crippen LogP) is 1.78. The summed E-state index contributed by atoms with van der Waals surface area (Å²) in [5.41, 5.74) is 1.34. The van der Waals surface area contributed by atoms with Crippen LogP contribution in [0.5, 0.6) is 0 Å². The van der Waals surface area contributed by atoms with Crippen molar-refractivity contribution >= 4 is 17.5 Å². The molecule has 0 bridgehead atoms. The fourth-order valence-corrected chi connectivity index (χ4v) is 1.61. The van der Waals surface area contributed by atoms with Gasteiger partial charge in [-0.3, -0.25) is 14.6 Å². The monoisotopic (exact) mass is 287 g/mol. The Kier molecular flexibility index (Phi) is 4.61. The van der Waals surface area contributed by atoms with Crippen molar-refractivity contribution in [1.82, 2.24) is 10.3 Å². The van der Waals surface area contributed by atoms with Crippen LogP contribution in [0, 0.1) is 12.7 Å². The molecule has 0 saturated heterocycles. The molecule has 2 amide bonds. The molecule has 0 atom stereocenters. The summed E-state index contributed by atoms with van der Waals surface area (Å²) in [6.45, 7) is 1.76. The third-order valence-corrected chi connectivity index (χ3v) is 2.79. The van der Waals surface area contributed by atoms with Crippen LogP contribution in [0.4, 0.5) is 10.1 Å². The molecule has 0 radical (unpaired) electrons. The smallest absolute Gasteiger partial charge is 0.313 e. The summed E-state index contributed by atoms with van der Waals surface area (Å²) in [6, 6.07) is 9.49. The number of nitrogens with one attached hydrogen (secondary N) is 2. The van der Waals surface area contributed by atoms with Gasteiger partial charge in [-0.25, -0.2) is 4.39 Å². The summed E-state index contributed by atoms with van der Waals surface area (Å²) in [5.74, 6) is -2.10. The van der Waals surface area contributed by atoms with E-state index in [4.69, 9.17) is 0 Å². The first-order valence-electron chi connectivity index (χ1n) is 6.31. The van der Waals surface area contributed by atoms with Gasteiger partial charge in [0.05, 0.1) is 12.2 Å². The van der Waals surface area contributed by atoms with Crippen molar-refractivity contribution in [3.63, 3.8) is 0 Å². The molecule has 2 rings (SSSR count). The van der Waals surface area contributed by atoms with Crippen LogP contribution >= 0.6 is 0 Å². The third kappa shape index (κ3) is 4.10. The van der Waals surface area contributed by atoms with Crippen LogP contribution in [0.15, 0.2) is 42.6 Å². The standard InChI is InChI=1S/C15H14FN3O2/c1-10-5-6-11(8-13(10)16)19-15(21)14(20)18-9-12-4-2-3-7-17-12/h2-8H,9H2,1H3,(H,18,20)(H,19,21). The number of aromatic nitrogens is 1. The molecular weight excluding hydrogens is 273 g/mol. The number of nitrogens with zero attached hydrogens (tertiary/aromatic N) is 1. The lowest BCUT2D eigenvalue weighted by atomic mass is 10.2. The fraction of sp³-hybridized carbons (Fsp3) is 0.133. The number of hydrogen-bond acceptors (Lipinski definition) is 3. The molecule has 0 spiro atoms. The normalized spacial score (nSPS) is 10.0. The predicted molar refractivity (Wildman–Crippen MR) is 75.9 cm³/mol. The third-order valence-electron chi connectivity index (χ3n) is 2.79. The first-order chi connectivity index (χ1) is 10.1. The first kappa shape index (κ1) is 14.6. The zero-order chi connectivity index (χ0) is 15.2. The quantitative estimate of drug-likeness (QED) is 0.845. The molecule has 6 heteroatoms. The van der Waals surface area contributed by atoms with E-state index in [0.717, 1.165) is 0 Å². The molecule has 5 nitrogen and oxygen atoms in total. The van der Waals surface area contributed by atoms with Gasteiger partial charge in [-0.05, 0) is 36.8 Å². The van der Waals surface area contributed by atoms with Gasteiger partial charge in [0.15, 0.2) is 0 Å². The van der Waals surface area contributed by atoms with Crippen LogP contribution in [0.25, 0.3) is 0 Å². The number of pyridine rings is 1. The highest BCUT2D eigenvalue weighted by Crippen LogP contribution is 2.13. The van der Waals surface area contributed by atoms with Crippen molar-refractivity contribution in [2.45, 2.75) is 13.5 Å². The lowest BCUT2D eigenvalue weighted by molar-refractivity contribution is -0.136. The van der Waals surface area contributed by atoms with E-state index in [9.17, 15) is 14.0 Å². The van der Waals surface area contributed by atoms with Crippen LogP contribution in [-0.2, 0) is 16.1 Å². The first-order valence-corrected chi connectivity index (χ1v) is 6.31. The lowest BCUT2D eigenvalue weighted by Crippen LogP contribution is -2.35. The highest BCUT2D eigenvalue weighted by Gasteiger charge is 2.14. The summed E-state index contributed by atoms with van der Waals surface area (Å²) < 4.78 is 13.3. The van der Waals surface area contributed by atoms with E-state index in [2.05, 4.69) is 15.6 Å². The molecule has 2 N–H and O–H groups in total. The highest BCUT2D eigenvalue weighted by atomic mass is 19.1. The number of hydrogen-bond donors (Lipinski definition) is 2. The largest absolute Gasteiger partial charge is 0.342 e. The molecule has 1 heterocycles. The minimum Gasteiger partial charge on any atom is -0.342 e. The Hall–Kier alpha value is -2.76. The number of benzene rings is 1. The van der Waals surface area contributed by atoms with Crippen molar-refractivity contribution < 1.29 is 14.0 Å². The fourth-order valence-electron chi connectivity index (χ4n) is 1.61. The van der Waals surface area contributed by atoms with Gasteiger partial charge in [0.25, 0.3) is 0 Å². The summed E-state index contributed by atoms with van der Waals surface area (Å²) in [4.78, 5) is 27.3. The Morgan fingerprint density at radius 2 is 2.00 bits per heavy atom. The van der Waals surface area contributed by atoms with Gasteiger partial charge in [-0.15, -0.1) is 0 Å². The van der Waals surface area contributed by atoms with Gasteiger partial charge < -0.3 is 10.6 Å². The van der Waals surface area contributed by atoms with Crippen molar-refractivity contribution in [2.24, 2.45) is 0 Å².